The van der Waals surface area contributed by atoms with Crippen molar-refractivity contribution in [3.05, 3.63) is 6.92 Å². The van der Waals surface area contributed by atoms with Crippen molar-refractivity contribution in [1.82, 2.24) is 0 Å². The third kappa shape index (κ3) is 25.9. The average Bonchev–Trinajstić information content (AvgIpc) is 2.33. The summed E-state index contributed by atoms with van der Waals surface area (Å²) < 4.78 is 0. The molecule has 0 heterocycles. The first-order valence-electron chi connectivity index (χ1n) is 7.73. The van der Waals surface area contributed by atoms with Crippen molar-refractivity contribution in [2.75, 3.05) is 6.61 Å². The molecular formula is C16H35O. The van der Waals surface area contributed by atoms with Crippen LogP contribution >= 0.6 is 0 Å². The molecule has 1 nitrogen and oxygen atoms in total. The summed E-state index contributed by atoms with van der Waals surface area (Å²) in [6, 6.07) is 0. The molecule has 0 aliphatic heterocycles. The monoisotopic (exact) mass is 243 g/mol. The molecule has 0 aromatic carbocycles. The molecule has 0 saturated heterocycles. The van der Waals surface area contributed by atoms with Crippen LogP contribution in [0.3, 0.4) is 0 Å². The molecule has 0 aliphatic carbocycles. The molecule has 0 atom stereocenters. The van der Waals surface area contributed by atoms with Gasteiger partial charge in [0.1, 0.15) is 0 Å². The lowest BCUT2D eigenvalue weighted by Gasteiger charge is -2.01. The lowest BCUT2D eigenvalue weighted by Crippen LogP contribution is -1.81. The molecule has 0 aromatic rings. The van der Waals surface area contributed by atoms with Crippen molar-refractivity contribution in [1.29, 1.82) is 0 Å². The summed E-state index contributed by atoms with van der Waals surface area (Å²) in [4.78, 5) is 0. The Morgan fingerprint density at radius 1 is 0.647 bits per heavy atom. The van der Waals surface area contributed by atoms with Gasteiger partial charge in [-0.25, -0.2) is 0 Å². The van der Waals surface area contributed by atoms with Crippen molar-refractivity contribution in [3.63, 3.8) is 0 Å². The second-order valence-electron chi connectivity index (χ2n) is 4.71. The second kappa shape index (κ2) is 21.3. The van der Waals surface area contributed by atoms with Crippen LogP contribution in [0, 0.1) is 6.92 Å². The molecule has 0 spiro atoms. The maximum absolute atomic E-state index is 7.57. The molecule has 0 aliphatic rings. The molecule has 0 amide bonds. The Morgan fingerprint density at radius 3 is 1.24 bits per heavy atom. The van der Waals surface area contributed by atoms with E-state index in [9.17, 15) is 0 Å². The van der Waals surface area contributed by atoms with E-state index in [0.29, 0.717) is 0 Å². The third-order valence-electron chi connectivity index (χ3n) is 2.85. The van der Waals surface area contributed by atoms with Gasteiger partial charge in [0.15, 0.2) is 0 Å². The predicted molar refractivity (Wildman–Crippen MR) is 79.2 cm³/mol. The fourth-order valence-corrected chi connectivity index (χ4v) is 1.84. The van der Waals surface area contributed by atoms with Gasteiger partial charge in [0, 0.05) is 6.61 Å². The fourth-order valence-electron chi connectivity index (χ4n) is 1.84. The van der Waals surface area contributed by atoms with Crippen molar-refractivity contribution in [2.45, 2.75) is 90.9 Å². The maximum atomic E-state index is 7.57. The molecule has 0 rings (SSSR count). The zero-order chi connectivity index (χ0) is 13.2. The molecule has 0 unspecified atom stereocenters. The van der Waals surface area contributed by atoms with E-state index in [1.54, 1.807) is 6.92 Å². The van der Waals surface area contributed by atoms with Gasteiger partial charge in [-0.15, -0.1) is 0 Å². The van der Waals surface area contributed by atoms with Crippen molar-refractivity contribution in [2.24, 2.45) is 0 Å². The third-order valence-corrected chi connectivity index (χ3v) is 2.85. The number of aliphatic hydroxyl groups is 1. The highest BCUT2D eigenvalue weighted by atomic mass is 16.2. The Labute approximate surface area is 110 Å². The number of hydrogen-bond donors (Lipinski definition) is 1. The van der Waals surface area contributed by atoms with E-state index < -0.39 is 0 Å². The van der Waals surface area contributed by atoms with Crippen LogP contribution in [0.5, 0.6) is 0 Å². The minimum Gasteiger partial charge on any atom is -0.397 e. The van der Waals surface area contributed by atoms with Crippen LogP contribution in [0.1, 0.15) is 90.9 Å². The van der Waals surface area contributed by atoms with E-state index in [1.807, 2.05) is 0 Å². The predicted octanol–water partition coefficient (Wildman–Crippen LogP) is 5.52. The maximum Gasteiger partial charge on any atom is 0.0402 e. The highest BCUT2D eigenvalue weighted by Crippen LogP contribution is 2.11. The van der Waals surface area contributed by atoms with Crippen LogP contribution in [0.25, 0.3) is 0 Å². The molecule has 0 aromatic heterocycles. The van der Waals surface area contributed by atoms with E-state index in [1.165, 1.54) is 70.6 Å². The van der Waals surface area contributed by atoms with Gasteiger partial charge in [-0.3, -0.25) is 0 Å². The van der Waals surface area contributed by atoms with Gasteiger partial charge in [0.05, 0.1) is 0 Å². The van der Waals surface area contributed by atoms with Crippen LogP contribution in [0.4, 0.5) is 0 Å². The largest absolute Gasteiger partial charge is 0.397 e. The topological polar surface area (TPSA) is 20.2 Å². The van der Waals surface area contributed by atoms with E-state index in [4.69, 9.17) is 5.11 Å². The summed E-state index contributed by atoms with van der Waals surface area (Å²) in [7, 11) is 0. The van der Waals surface area contributed by atoms with Gasteiger partial charge < -0.3 is 5.11 Å². The first-order valence-corrected chi connectivity index (χ1v) is 7.73. The standard InChI is InChI=1S/C14H29.C2H6O/c1-3-5-7-9-11-13-14-12-10-8-6-4-2;1-2-3/h1,3-14H2,2H3;3H,2H2,1H3. The van der Waals surface area contributed by atoms with Gasteiger partial charge in [-0.1, -0.05) is 90.9 Å². The van der Waals surface area contributed by atoms with Gasteiger partial charge in [0.25, 0.3) is 0 Å². The number of rotatable bonds is 11. The van der Waals surface area contributed by atoms with Crippen LogP contribution in [-0.4, -0.2) is 11.7 Å². The molecule has 1 heteroatoms. The van der Waals surface area contributed by atoms with Crippen LogP contribution in [0.2, 0.25) is 0 Å². The Kier molecular flexibility index (Phi) is 24.1. The normalized spacial score (nSPS) is 9.88. The van der Waals surface area contributed by atoms with Gasteiger partial charge in [0.2, 0.25) is 0 Å². The van der Waals surface area contributed by atoms with E-state index in [-0.39, 0.29) is 6.61 Å². The Hall–Kier alpha value is -0.0400. The number of hydrogen-bond acceptors (Lipinski definition) is 1. The Balaban J connectivity index is 0. The van der Waals surface area contributed by atoms with Crippen molar-refractivity contribution < 1.29 is 5.11 Å². The van der Waals surface area contributed by atoms with Crippen LogP contribution in [0.15, 0.2) is 0 Å². The zero-order valence-corrected chi connectivity index (χ0v) is 12.3. The molecule has 1 N–H and O–H groups in total. The Morgan fingerprint density at radius 2 is 0.941 bits per heavy atom. The lowest BCUT2D eigenvalue weighted by molar-refractivity contribution is 0.318. The molecule has 105 valence electrons. The summed E-state index contributed by atoms with van der Waals surface area (Å²) in [5.74, 6) is 0. The SMILES string of the molecule is CCO.[CH2]CCCCCCCCCCCCC. The van der Waals surface area contributed by atoms with E-state index in [2.05, 4.69) is 13.8 Å². The molecule has 0 saturated carbocycles. The van der Waals surface area contributed by atoms with Gasteiger partial charge in [-0.2, -0.15) is 0 Å². The summed E-state index contributed by atoms with van der Waals surface area (Å²) in [6.07, 6.45) is 16.9. The lowest BCUT2D eigenvalue weighted by atomic mass is 10.1. The fraction of sp³-hybridized carbons (Fsp3) is 0.938. The van der Waals surface area contributed by atoms with Crippen LogP contribution < -0.4 is 0 Å². The molecule has 1 radical (unpaired) electrons. The highest BCUT2D eigenvalue weighted by Gasteiger charge is 1.91. The summed E-state index contributed by atoms with van der Waals surface area (Å²) in [5.41, 5.74) is 0. The smallest absolute Gasteiger partial charge is 0.0402 e. The summed E-state index contributed by atoms with van der Waals surface area (Å²) >= 11 is 0. The van der Waals surface area contributed by atoms with Crippen molar-refractivity contribution in [3.8, 4) is 0 Å². The molecule has 0 bridgehead atoms. The second-order valence-corrected chi connectivity index (χ2v) is 4.71. The first-order chi connectivity index (χ1) is 8.33. The molecule has 17 heavy (non-hydrogen) atoms. The van der Waals surface area contributed by atoms with Gasteiger partial charge in [-0.05, 0) is 6.92 Å². The average molecular weight is 243 g/mol. The molecule has 0 fully saturated rings. The minimum atomic E-state index is 0.250. The van der Waals surface area contributed by atoms with E-state index in [0.717, 1.165) is 6.42 Å². The quantitative estimate of drug-likeness (QED) is 0.474. The number of unbranched alkanes of at least 4 members (excludes halogenated alkanes) is 11. The highest BCUT2D eigenvalue weighted by molar-refractivity contribution is 4.48. The van der Waals surface area contributed by atoms with Crippen molar-refractivity contribution >= 4 is 0 Å². The molecular weight excluding hydrogens is 208 g/mol. The zero-order valence-electron chi connectivity index (χ0n) is 12.3. The number of aliphatic hydroxyl groups excluding tert-OH is 1. The summed E-state index contributed by atoms with van der Waals surface area (Å²) in [6.45, 7) is 8.07. The van der Waals surface area contributed by atoms with Crippen LogP contribution in [-0.2, 0) is 0 Å². The Bertz CT molecular complexity index is 89.7. The van der Waals surface area contributed by atoms with E-state index >= 15 is 0 Å². The first kappa shape index (κ1) is 19.3. The minimum absolute atomic E-state index is 0.250. The summed E-state index contributed by atoms with van der Waals surface area (Å²) in [5, 5.41) is 7.57. The van der Waals surface area contributed by atoms with Gasteiger partial charge >= 0.3 is 0 Å².